The Morgan fingerprint density at radius 3 is 2.00 bits per heavy atom. The lowest BCUT2D eigenvalue weighted by Gasteiger charge is -2.04. The summed E-state index contributed by atoms with van der Waals surface area (Å²) >= 11 is 0. The van der Waals surface area contributed by atoms with Crippen LogP contribution in [0.3, 0.4) is 0 Å². The number of amides is 2. The van der Waals surface area contributed by atoms with Crippen molar-refractivity contribution in [3.05, 3.63) is 122 Å². The van der Waals surface area contributed by atoms with Crippen molar-refractivity contribution in [2.75, 3.05) is 16.4 Å². The van der Waals surface area contributed by atoms with E-state index in [9.17, 15) is 29.8 Å². The van der Waals surface area contributed by atoms with Crippen LogP contribution in [0.2, 0.25) is 0 Å². The number of rotatable bonds is 5. The number of nitrogen functional groups attached to an aromatic ring is 1. The van der Waals surface area contributed by atoms with Crippen molar-refractivity contribution in [2.24, 2.45) is 0 Å². The first-order valence-electron chi connectivity index (χ1n) is 13.1. The van der Waals surface area contributed by atoms with Gasteiger partial charge in [-0.3, -0.25) is 29.8 Å². The van der Waals surface area contributed by atoms with Gasteiger partial charge in [-0.25, -0.2) is 0 Å². The van der Waals surface area contributed by atoms with Crippen LogP contribution in [-0.4, -0.2) is 26.6 Å². The second-order valence-corrected chi connectivity index (χ2v) is 9.51. The molecule has 12 nitrogen and oxygen atoms in total. The molecule has 220 valence electrons. The Labute approximate surface area is 251 Å². The molecule has 2 amide bonds. The summed E-state index contributed by atoms with van der Waals surface area (Å²) in [5.41, 5.74) is 11.0. The molecule has 0 spiro atoms. The minimum absolute atomic E-state index is 0.0490. The van der Waals surface area contributed by atoms with Crippen LogP contribution in [0.4, 0.5) is 28.4 Å². The molecular formula is C32H26N6O6. The van der Waals surface area contributed by atoms with E-state index in [1.54, 1.807) is 36.4 Å². The van der Waals surface area contributed by atoms with E-state index in [1.807, 2.05) is 24.3 Å². The number of nitro benzene ring substituents is 2. The predicted octanol–water partition coefficient (Wildman–Crippen LogP) is 6.24. The van der Waals surface area contributed by atoms with Crippen LogP contribution < -0.4 is 16.4 Å². The van der Waals surface area contributed by atoms with Crippen molar-refractivity contribution in [1.82, 2.24) is 4.98 Å². The molecule has 0 saturated carbocycles. The second-order valence-electron chi connectivity index (χ2n) is 9.51. The number of carbonyl (C=O) groups is 2. The number of carbonyl (C=O) groups excluding carboxylic acids is 2. The molecule has 1 heterocycles. The normalized spacial score (nSPS) is 10.0. The number of benzene rings is 4. The molecule has 0 bridgehead atoms. The van der Waals surface area contributed by atoms with Gasteiger partial charge in [0.2, 0.25) is 11.8 Å². The maximum absolute atomic E-state index is 11.1. The predicted molar refractivity (Wildman–Crippen MR) is 169 cm³/mol. The molecule has 0 unspecified atom stereocenters. The van der Waals surface area contributed by atoms with Crippen LogP contribution in [0.25, 0.3) is 22.2 Å². The molecule has 5 rings (SSSR count). The van der Waals surface area contributed by atoms with Gasteiger partial charge in [0.25, 0.3) is 11.4 Å². The first-order valence-corrected chi connectivity index (χ1v) is 13.1. The van der Waals surface area contributed by atoms with E-state index in [0.29, 0.717) is 28.0 Å². The number of hydrogen-bond donors (Lipinski definition) is 4. The first kappa shape index (κ1) is 30.5. The number of nitrogens with two attached hydrogens (primary N) is 1. The van der Waals surface area contributed by atoms with Gasteiger partial charge in [0, 0.05) is 77.3 Å². The fraction of sp³-hybridized carbons (Fsp3) is 0.0625. The molecule has 5 aromatic rings. The Balaban J connectivity index is 0.000000201. The minimum Gasteiger partial charge on any atom is -0.398 e. The van der Waals surface area contributed by atoms with Crippen LogP contribution in [0.15, 0.2) is 91.0 Å². The Morgan fingerprint density at radius 2 is 1.36 bits per heavy atom. The van der Waals surface area contributed by atoms with Gasteiger partial charge in [-0.05, 0) is 48.5 Å². The summed E-state index contributed by atoms with van der Waals surface area (Å²) in [6, 6.07) is 25.2. The van der Waals surface area contributed by atoms with E-state index in [4.69, 9.17) is 5.73 Å². The van der Waals surface area contributed by atoms with Crippen LogP contribution in [-0.2, 0) is 9.59 Å². The number of non-ortho nitro benzene ring substituents is 2. The van der Waals surface area contributed by atoms with Crippen LogP contribution in [0, 0.1) is 32.1 Å². The number of nitro groups is 2. The fourth-order valence-corrected chi connectivity index (χ4v) is 4.15. The van der Waals surface area contributed by atoms with Crippen molar-refractivity contribution in [2.45, 2.75) is 13.8 Å². The van der Waals surface area contributed by atoms with E-state index in [0.717, 1.165) is 16.6 Å². The number of aromatic nitrogens is 1. The number of hydrogen-bond acceptors (Lipinski definition) is 7. The van der Waals surface area contributed by atoms with E-state index in [-0.39, 0.29) is 28.9 Å². The third kappa shape index (κ3) is 8.05. The molecule has 4 aromatic carbocycles. The van der Waals surface area contributed by atoms with Crippen LogP contribution in [0.1, 0.15) is 25.0 Å². The summed E-state index contributed by atoms with van der Waals surface area (Å²) in [6.07, 6.45) is 0. The zero-order valence-electron chi connectivity index (χ0n) is 23.6. The summed E-state index contributed by atoms with van der Waals surface area (Å²) < 4.78 is 0. The highest BCUT2D eigenvalue weighted by atomic mass is 16.6. The van der Waals surface area contributed by atoms with Crippen molar-refractivity contribution < 1.29 is 19.4 Å². The Hall–Kier alpha value is -6.48. The van der Waals surface area contributed by atoms with Crippen LogP contribution >= 0.6 is 0 Å². The summed E-state index contributed by atoms with van der Waals surface area (Å²) in [4.78, 5) is 45.8. The smallest absolute Gasteiger partial charge is 0.271 e. The van der Waals surface area contributed by atoms with E-state index in [1.165, 1.54) is 44.2 Å². The molecule has 0 aliphatic carbocycles. The van der Waals surface area contributed by atoms with Crippen molar-refractivity contribution in [3.63, 3.8) is 0 Å². The Kier molecular flexibility index (Phi) is 9.32. The highest BCUT2D eigenvalue weighted by molar-refractivity contribution is 5.91. The lowest BCUT2D eigenvalue weighted by Crippen LogP contribution is -2.05. The largest absolute Gasteiger partial charge is 0.398 e. The van der Waals surface area contributed by atoms with Crippen LogP contribution in [0.5, 0.6) is 0 Å². The number of aromatic amines is 1. The Bertz CT molecular complexity index is 1970. The molecule has 0 saturated heterocycles. The fourth-order valence-electron chi connectivity index (χ4n) is 4.15. The standard InChI is InChI=1S/2C16H13N3O3/c1-10(20)17-13-4-2-3-11(7-13)15-8-12-5-6-14(19(21)22)9-16(12)18-15;1-11(20)18-14-4-2-3-12(9-14)5-6-13-7-8-15(19(21)22)10-16(13)17/h2-9,18H,1H3,(H,17,20);2-4,7-10H,17H2,1H3,(H,18,20). The quantitative estimate of drug-likeness (QED) is 0.0807. The lowest BCUT2D eigenvalue weighted by atomic mass is 10.1. The topological polar surface area (TPSA) is 186 Å². The molecule has 5 N–H and O–H groups in total. The van der Waals surface area contributed by atoms with E-state index < -0.39 is 9.85 Å². The summed E-state index contributed by atoms with van der Waals surface area (Å²) in [6.45, 7) is 2.88. The van der Waals surface area contributed by atoms with Crippen molar-refractivity contribution in [3.8, 4) is 23.1 Å². The minimum atomic E-state index is -0.509. The number of H-pyrrole nitrogens is 1. The van der Waals surface area contributed by atoms with Gasteiger partial charge in [0.15, 0.2) is 0 Å². The number of fused-ring (bicyclic) bond motifs is 1. The molecule has 0 aliphatic rings. The zero-order valence-corrected chi connectivity index (χ0v) is 23.6. The third-order valence-corrected chi connectivity index (χ3v) is 6.08. The molecule has 0 aliphatic heterocycles. The van der Waals surface area contributed by atoms with E-state index >= 15 is 0 Å². The third-order valence-electron chi connectivity index (χ3n) is 6.08. The highest BCUT2D eigenvalue weighted by Crippen LogP contribution is 2.28. The Morgan fingerprint density at radius 1 is 0.750 bits per heavy atom. The zero-order chi connectivity index (χ0) is 31.8. The molecular weight excluding hydrogens is 564 g/mol. The van der Waals surface area contributed by atoms with Gasteiger partial charge in [-0.15, -0.1) is 0 Å². The second kappa shape index (κ2) is 13.5. The van der Waals surface area contributed by atoms with Gasteiger partial charge in [-0.2, -0.15) is 0 Å². The lowest BCUT2D eigenvalue weighted by molar-refractivity contribution is -0.384. The SMILES string of the molecule is CC(=O)Nc1cccc(-c2cc3ccc([N+](=O)[O-])cc3[nH]2)c1.CC(=O)Nc1cccc(C#Cc2ccc([N+](=O)[O-])cc2N)c1. The van der Waals surface area contributed by atoms with Gasteiger partial charge < -0.3 is 21.4 Å². The average Bonchev–Trinajstić information content (AvgIpc) is 3.40. The molecule has 12 heteroatoms. The molecule has 0 atom stereocenters. The summed E-state index contributed by atoms with van der Waals surface area (Å²) in [5, 5.41) is 27.8. The van der Waals surface area contributed by atoms with Gasteiger partial charge in [0.05, 0.1) is 21.1 Å². The number of nitrogens with zero attached hydrogens (tertiary/aromatic N) is 2. The summed E-state index contributed by atoms with van der Waals surface area (Å²) in [7, 11) is 0. The van der Waals surface area contributed by atoms with Crippen molar-refractivity contribution >= 4 is 51.2 Å². The molecule has 0 fully saturated rings. The maximum atomic E-state index is 11.1. The maximum Gasteiger partial charge on any atom is 0.271 e. The van der Waals surface area contributed by atoms with Crippen molar-refractivity contribution in [1.29, 1.82) is 0 Å². The molecule has 44 heavy (non-hydrogen) atoms. The molecule has 0 radical (unpaired) electrons. The monoisotopic (exact) mass is 590 g/mol. The number of nitrogens with one attached hydrogen (secondary N) is 3. The first-order chi connectivity index (χ1) is 21.0. The molecule has 1 aromatic heterocycles. The summed E-state index contributed by atoms with van der Waals surface area (Å²) in [5.74, 6) is 5.48. The van der Waals surface area contributed by atoms with Gasteiger partial charge >= 0.3 is 0 Å². The van der Waals surface area contributed by atoms with Gasteiger partial charge in [0.1, 0.15) is 0 Å². The highest BCUT2D eigenvalue weighted by Gasteiger charge is 2.10. The average molecular weight is 591 g/mol. The van der Waals surface area contributed by atoms with Gasteiger partial charge in [-0.1, -0.05) is 30.0 Å². The van der Waals surface area contributed by atoms with E-state index in [2.05, 4.69) is 27.5 Å². The number of anilines is 3.